The molecule has 3 rings (SSSR count). The zero-order valence-electron chi connectivity index (χ0n) is 15.6. The highest BCUT2D eigenvalue weighted by atomic mass is 32.2. The fourth-order valence-corrected chi connectivity index (χ4v) is 4.16. The lowest BCUT2D eigenvalue weighted by atomic mass is 10.1. The molecule has 1 aromatic carbocycles. The van der Waals surface area contributed by atoms with E-state index in [4.69, 9.17) is 10.5 Å². The van der Waals surface area contributed by atoms with Gasteiger partial charge >= 0.3 is 0 Å². The molecule has 0 fully saturated rings. The predicted octanol–water partition coefficient (Wildman–Crippen LogP) is 1.18. The van der Waals surface area contributed by atoms with Crippen molar-refractivity contribution in [3.05, 3.63) is 57.8 Å². The molecule has 0 saturated heterocycles. The summed E-state index contributed by atoms with van der Waals surface area (Å²) in [4.78, 5) is 20.6. The van der Waals surface area contributed by atoms with E-state index in [0.29, 0.717) is 32.5 Å². The number of rotatable bonds is 7. The lowest BCUT2D eigenvalue weighted by molar-refractivity contribution is 0.293. The smallest absolute Gasteiger partial charge is 0.253 e. The van der Waals surface area contributed by atoms with E-state index in [1.165, 1.54) is 6.07 Å². The van der Waals surface area contributed by atoms with Gasteiger partial charge in [0, 0.05) is 18.2 Å². The number of aromatic nitrogens is 2. The summed E-state index contributed by atoms with van der Waals surface area (Å²) in [6, 6.07) is 9.22. The van der Waals surface area contributed by atoms with Crippen LogP contribution in [0.5, 0.6) is 5.75 Å². The summed E-state index contributed by atoms with van der Waals surface area (Å²) < 4.78 is 19.4. The molecular formula is C19H24N4O3S. The van der Waals surface area contributed by atoms with E-state index in [-0.39, 0.29) is 16.0 Å². The van der Waals surface area contributed by atoms with Gasteiger partial charge in [0.05, 0.1) is 29.1 Å². The average Bonchev–Trinajstić information content (AvgIpc) is 2.96. The first-order chi connectivity index (χ1) is 13.0. The van der Waals surface area contributed by atoms with Gasteiger partial charge in [0.25, 0.3) is 5.56 Å². The number of hydrogen-bond donors (Lipinski definition) is 1. The topological polar surface area (TPSA) is 99.6 Å². The zero-order chi connectivity index (χ0) is 19.4. The third-order valence-electron chi connectivity index (χ3n) is 4.46. The predicted molar refractivity (Wildman–Crippen MR) is 107 cm³/mol. The molecule has 0 spiro atoms. The number of hydrogen-bond acceptors (Lipinski definition) is 6. The normalized spacial score (nSPS) is 19.1. The maximum Gasteiger partial charge on any atom is 0.253 e. The molecule has 1 aliphatic rings. The van der Waals surface area contributed by atoms with Crippen molar-refractivity contribution in [2.24, 2.45) is 10.7 Å². The highest BCUT2D eigenvalue weighted by Crippen LogP contribution is 2.17. The largest absolute Gasteiger partial charge is 0.492 e. The molecule has 144 valence electrons. The Morgan fingerprint density at radius 2 is 2.07 bits per heavy atom. The lowest BCUT2D eigenvalue weighted by Crippen LogP contribution is -2.27. The molecule has 2 heterocycles. The number of benzene rings is 1. The van der Waals surface area contributed by atoms with Crippen molar-refractivity contribution in [1.29, 1.82) is 0 Å². The molecule has 0 bridgehead atoms. The third kappa shape index (κ3) is 4.63. The summed E-state index contributed by atoms with van der Waals surface area (Å²) in [6.45, 7) is 5.15. The highest BCUT2D eigenvalue weighted by molar-refractivity contribution is 8.01. The van der Waals surface area contributed by atoms with Crippen LogP contribution in [0.3, 0.4) is 0 Å². The molecule has 1 aliphatic heterocycles. The maximum atomic E-state index is 12.1. The minimum Gasteiger partial charge on any atom is -0.492 e. The second-order valence-electron chi connectivity index (χ2n) is 6.45. The van der Waals surface area contributed by atoms with Gasteiger partial charge in [-0.1, -0.05) is 19.1 Å². The van der Waals surface area contributed by atoms with Crippen LogP contribution in [0.25, 0.3) is 0 Å². The van der Waals surface area contributed by atoms with Gasteiger partial charge in [-0.05, 0) is 31.0 Å². The van der Waals surface area contributed by atoms with Crippen LogP contribution < -0.4 is 16.0 Å². The quantitative estimate of drug-likeness (QED) is 0.768. The van der Waals surface area contributed by atoms with Crippen LogP contribution >= 0.6 is 0 Å². The van der Waals surface area contributed by atoms with Crippen LogP contribution in [0.4, 0.5) is 0 Å². The number of ether oxygens (including phenoxy) is 1. The van der Waals surface area contributed by atoms with Crippen molar-refractivity contribution in [2.45, 2.75) is 38.5 Å². The molecular weight excluding hydrogens is 364 g/mol. The Bertz CT molecular complexity index is 922. The van der Waals surface area contributed by atoms with Crippen molar-refractivity contribution in [2.75, 3.05) is 13.2 Å². The molecule has 0 saturated carbocycles. The fourth-order valence-electron chi connectivity index (χ4n) is 3.06. The van der Waals surface area contributed by atoms with E-state index in [1.807, 2.05) is 38.1 Å². The minimum atomic E-state index is -1.19. The second-order valence-corrected chi connectivity index (χ2v) is 8.13. The van der Waals surface area contributed by atoms with Crippen LogP contribution in [0, 0.1) is 6.92 Å². The van der Waals surface area contributed by atoms with Gasteiger partial charge in [-0.25, -0.2) is 4.98 Å². The molecule has 2 aromatic rings. The molecule has 0 amide bonds. The van der Waals surface area contributed by atoms with E-state index >= 15 is 0 Å². The zero-order valence-corrected chi connectivity index (χ0v) is 16.4. The first-order valence-electron chi connectivity index (χ1n) is 8.97. The minimum absolute atomic E-state index is 0.0508. The molecule has 2 atom stereocenters. The van der Waals surface area contributed by atoms with Crippen LogP contribution in [0.2, 0.25) is 0 Å². The first-order valence-corrected chi connectivity index (χ1v) is 10.2. The fraction of sp³-hybridized carbons (Fsp3) is 0.421. The summed E-state index contributed by atoms with van der Waals surface area (Å²) in [6.07, 6.45) is 1.36. The molecule has 7 nitrogen and oxygen atoms in total. The number of aryl methyl sites for hydroxylation is 2. The van der Waals surface area contributed by atoms with E-state index in [0.717, 1.165) is 22.8 Å². The highest BCUT2D eigenvalue weighted by Gasteiger charge is 2.25. The molecule has 1 aromatic heterocycles. The van der Waals surface area contributed by atoms with Crippen molar-refractivity contribution in [3.8, 4) is 5.75 Å². The number of nitrogens with zero attached hydrogens (tertiary/aromatic N) is 3. The maximum absolute atomic E-state index is 12.1. The van der Waals surface area contributed by atoms with Crippen molar-refractivity contribution < 1.29 is 8.95 Å². The van der Waals surface area contributed by atoms with E-state index in [1.54, 1.807) is 4.57 Å². The van der Waals surface area contributed by atoms with Crippen LogP contribution in [0.15, 0.2) is 40.1 Å². The van der Waals surface area contributed by atoms with Crippen LogP contribution in [-0.2, 0) is 30.2 Å². The van der Waals surface area contributed by atoms with Crippen molar-refractivity contribution in [3.63, 3.8) is 0 Å². The summed E-state index contributed by atoms with van der Waals surface area (Å²) >= 11 is 0. The van der Waals surface area contributed by atoms with Crippen molar-refractivity contribution >= 4 is 16.0 Å². The lowest BCUT2D eigenvalue weighted by Gasteiger charge is -2.13. The Balaban J connectivity index is 1.55. The van der Waals surface area contributed by atoms with Gasteiger partial charge < -0.3 is 10.5 Å². The molecule has 8 heteroatoms. The molecule has 0 radical (unpaired) electrons. The SMILES string of the molecule is CCc1nc(C)cc(=O)n1CCOc1ccc(CC2CN=C(N)S2=O)cc1. The van der Waals surface area contributed by atoms with Gasteiger partial charge in [-0.2, -0.15) is 0 Å². The summed E-state index contributed by atoms with van der Waals surface area (Å²) in [5.74, 6) is 1.50. The van der Waals surface area contributed by atoms with Gasteiger partial charge in [0.15, 0.2) is 5.17 Å². The van der Waals surface area contributed by atoms with Gasteiger partial charge in [-0.3, -0.25) is 18.6 Å². The monoisotopic (exact) mass is 388 g/mol. The van der Waals surface area contributed by atoms with Crippen LogP contribution in [-0.4, -0.2) is 37.3 Å². The third-order valence-corrected chi connectivity index (χ3v) is 5.92. The first kappa shape index (κ1) is 19.3. The van der Waals surface area contributed by atoms with E-state index in [2.05, 4.69) is 9.98 Å². The summed E-state index contributed by atoms with van der Waals surface area (Å²) in [7, 11) is -1.19. The summed E-state index contributed by atoms with van der Waals surface area (Å²) in [5.41, 5.74) is 7.34. The Labute approximate surface area is 160 Å². The Morgan fingerprint density at radius 1 is 1.33 bits per heavy atom. The Hall–Kier alpha value is -2.48. The molecule has 2 N–H and O–H groups in total. The van der Waals surface area contributed by atoms with Crippen LogP contribution in [0.1, 0.15) is 24.0 Å². The number of amidine groups is 1. The molecule has 27 heavy (non-hydrogen) atoms. The molecule has 2 unspecified atom stereocenters. The van der Waals surface area contributed by atoms with E-state index < -0.39 is 10.8 Å². The standard InChI is InChI=1S/C19H24N4O3S/c1-3-17-22-13(2)10-18(24)23(17)8-9-26-15-6-4-14(5-7-15)11-16-12-21-19(20)27(16)25/h4-7,10,16H,3,8-9,11-12H2,1-2H3,(H2,20,21). The van der Waals surface area contributed by atoms with Gasteiger partial charge in [0.2, 0.25) is 0 Å². The average molecular weight is 388 g/mol. The second kappa shape index (κ2) is 8.47. The molecule has 0 aliphatic carbocycles. The van der Waals surface area contributed by atoms with Gasteiger partial charge in [0.1, 0.15) is 18.2 Å². The Kier molecular flexibility index (Phi) is 6.05. The number of aliphatic imine (C=N–C) groups is 1. The van der Waals surface area contributed by atoms with Gasteiger partial charge in [-0.15, -0.1) is 0 Å². The van der Waals surface area contributed by atoms with E-state index in [9.17, 15) is 9.00 Å². The van der Waals surface area contributed by atoms with Crippen molar-refractivity contribution in [1.82, 2.24) is 9.55 Å². The number of nitrogens with two attached hydrogens (primary N) is 1. The Morgan fingerprint density at radius 3 is 2.70 bits per heavy atom. The summed E-state index contributed by atoms with van der Waals surface area (Å²) in [5, 5.41) is 0.192.